The van der Waals surface area contributed by atoms with E-state index in [0.29, 0.717) is 29.4 Å². The van der Waals surface area contributed by atoms with Crippen LogP contribution in [-0.4, -0.2) is 72.8 Å². The van der Waals surface area contributed by atoms with Gasteiger partial charge in [0.15, 0.2) is 6.23 Å². The molecule has 13 nitrogen and oxygen atoms in total. The molecule has 1 amide bonds. The zero-order valence-electron chi connectivity index (χ0n) is 23.5. The molecule has 0 spiro atoms. The largest absolute Gasteiger partial charge is 0.510 e. The van der Waals surface area contributed by atoms with E-state index >= 15 is 0 Å². The van der Waals surface area contributed by atoms with Gasteiger partial charge in [0.25, 0.3) is 5.91 Å². The van der Waals surface area contributed by atoms with E-state index in [9.17, 15) is 9.59 Å². The van der Waals surface area contributed by atoms with E-state index in [1.807, 2.05) is 48.2 Å². The SMILES string of the molecule is CCOC(=O)OC(C)n1nnnc1-c1c(-c2ccc(C(=O)N(c3ncccc3C)[C@@H]3CCCNC3)cc2)cnn1C. The maximum absolute atomic E-state index is 13.9. The Bertz CT molecular complexity index is 1510. The first-order valence-corrected chi connectivity index (χ1v) is 13.6. The predicted octanol–water partition coefficient (Wildman–Crippen LogP) is 3.53. The fourth-order valence-electron chi connectivity index (χ4n) is 5.00. The average Bonchev–Trinajstić information content (AvgIpc) is 3.61. The zero-order valence-corrected chi connectivity index (χ0v) is 23.5. The summed E-state index contributed by atoms with van der Waals surface area (Å²) in [6, 6.07) is 11.2. The predicted molar refractivity (Wildman–Crippen MR) is 150 cm³/mol. The van der Waals surface area contributed by atoms with Crippen LogP contribution in [0.15, 0.2) is 48.8 Å². The van der Waals surface area contributed by atoms with Crippen molar-refractivity contribution in [2.45, 2.75) is 45.9 Å². The van der Waals surface area contributed by atoms with Crippen molar-refractivity contribution >= 4 is 17.9 Å². The second-order valence-corrected chi connectivity index (χ2v) is 9.77. The summed E-state index contributed by atoms with van der Waals surface area (Å²) in [6.07, 6.45) is 3.69. The number of ether oxygens (including phenoxy) is 2. The number of benzene rings is 1. The van der Waals surface area contributed by atoms with Crippen LogP contribution < -0.4 is 10.2 Å². The molecule has 1 N–H and O–H groups in total. The van der Waals surface area contributed by atoms with Gasteiger partial charge in [-0.2, -0.15) is 9.78 Å². The quantitative estimate of drug-likeness (QED) is 0.319. The van der Waals surface area contributed by atoms with Gasteiger partial charge in [0.05, 0.1) is 18.8 Å². The number of nitrogens with one attached hydrogen (secondary N) is 1. The molecule has 5 rings (SSSR count). The van der Waals surface area contributed by atoms with E-state index in [0.717, 1.165) is 36.1 Å². The van der Waals surface area contributed by atoms with Crippen molar-refractivity contribution < 1.29 is 19.1 Å². The lowest BCUT2D eigenvalue weighted by Gasteiger charge is -2.34. The highest BCUT2D eigenvalue weighted by Crippen LogP contribution is 2.32. The van der Waals surface area contributed by atoms with E-state index in [-0.39, 0.29) is 18.6 Å². The molecule has 1 aromatic carbocycles. The van der Waals surface area contributed by atoms with Crippen molar-refractivity contribution in [1.82, 2.24) is 40.3 Å². The minimum atomic E-state index is -0.822. The average molecular weight is 560 g/mol. The lowest BCUT2D eigenvalue weighted by Crippen LogP contribution is -2.49. The molecule has 41 heavy (non-hydrogen) atoms. The van der Waals surface area contributed by atoms with Gasteiger partial charge in [0.2, 0.25) is 5.82 Å². The smallest absolute Gasteiger partial charge is 0.435 e. The van der Waals surface area contributed by atoms with Crippen molar-refractivity contribution in [3.05, 3.63) is 59.9 Å². The summed E-state index contributed by atoms with van der Waals surface area (Å²) in [6.45, 7) is 7.15. The number of aromatic nitrogens is 7. The van der Waals surface area contributed by atoms with Crippen molar-refractivity contribution in [1.29, 1.82) is 0 Å². The molecule has 1 aliphatic rings. The van der Waals surface area contributed by atoms with Crippen molar-refractivity contribution in [2.24, 2.45) is 7.05 Å². The van der Waals surface area contributed by atoms with Crippen LogP contribution >= 0.6 is 0 Å². The molecule has 1 aliphatic heterocycles. The van der Waals surface area contributed by atoms with Gasteiger partial charge in [0, 0.05) is 30.9 Å². The summed E-state index contributed by atoms with van der Waals surface area (Å²) >= 11 is 0. The maximum atomic E-state index is 13.9. The van der Waals surface area contributed by atoms with E-state index < -0.39 is 12.4 Å². The normalized spacial score (nSPS) is 15.8. The van der Waals surface area contributed by atoms with Crippen LogP contribution in [0.25, 0.3) is 22.6 Å². The molecule has 0 saturated carbocycles. The Morgan fingerprint density at radius 2 is 2.02 bits per heavy atom. The minimum Gasteiger partial charge on any atom is -0.435 e. The van der Waals surface area contributed by atoms with E-state index in [2.05, 4.69) is 30.9 Å². The van der Waals surface area contributed by atoms with E-state index in [4.69, 9.17) is 9.47 Å². The Balaban J connectivity index is 1.44. The number of carbonyl (C=O) groups is 2. The number of amides is 1. The van der Waals surface area contributed by atoms with Gasteiger partial charge in [-0.1, -0.05) is 18.2 Å². The summed E-state index contributed by atoms with van der Waals surface area (Å²) in [5.74, 6) is 0.932. The van der Waals surface area contributed by atoms with Gasteiger partial charge in [-0.3, -0.25) is 14.4 Å². The van der Waals surface area contributed by atoms with Gasteiger partial charge in [-0.05, 0) is 79.9 Å². The van der Waals surface area contributed by atoms with Gasteiger partial charge >= 0.3 is 6.16 Å². The van der Waals surface area contributed by atoms with Crippen LogP contribution in [0.3, 0.4) is 0 Å². The number of aryl methyl sites for hydroxylation is 2. The number of hydrogen-bond donors (Lipinski definition) is 1. The third kappa shape index (κ3) is 5.80. The fourth-order valence-corrected chi connectivity index (χ4v) is 5.00. The topological polar surface area (TPSA) is 142 Å². The Hall–Kier alpha value is -4.65. The molecule has 4 aromatic rings. The van der Waals surface area contributed by atoms with Gasteiger partial charge < -0.3 is 14.8 Å². The van der Waals surface area contributed by atoms with Crippen molar-refractivity contribution in [3.63, 3.8) is 0 Å². The third-order valence-electron chi connectivity index (χ3n) is 7.02. The maximum Gasteiger partial charge on any atom is 0.510 e. The molecule has 0 aliphatic carbocycles. The lowest BCUT2D eigenvalue weighted by atomic mass is 10.0. The van der Waals surface area contributed by atoms with Crippen LogP contribution in [0.4, 0.5) is 10.6 Å². The molecule has 0 bridgehead atoms. The van der Waals surface area contributed by atoms with Gasteiger partial charge in [-0.15, -0.1) is 5.10 Å². The number of tetrazole rings is 1. The van der Waals surface area contributed by atoms with Crippen LogP contribution in [-0.2, 0) is 16.5 Å². The van der Waals surface area contributed by atoms with Crippen LogP contribution in [0, 0.1) is 6.92 Å². The first-order valence-electron chi connectivity index (χ1n) is 13.6. The fraction of sp³-hybridized carbons (Fsp3) is 0.393. The lowest BCUT2D eigenvalue weighted by molar-refractivity contribution is 0.00140. The summed E-state index contributed by atoms with van der Waals surface area (Å²) in [5.41, 5.74) is 3.68. The van der Waals surface area contributed by atoms with Gasteiger partial charge in [0.1, 0.15) is 11.5 Å². The van der Waals surface area contributed by atoms with E-state index in [1.54, 1.807) is 38.0 Å². The first-order chi connectivity index (χ1) is 19.9. The number of hydrogen-bond acceptors (Lipinski definition) is 10. The molecule has 3 aromatic heterocycles. The third-order valence-corrected chi connectivity index (χ3v) is 7.02. The van der Waals surface area contributed by atoms with Crippen molar-refractivity contribution in [3.8, 4) is 22.6 Å². The number of piperidine rings is 1. The number of rotatable bonds is 8. The number of anilines is 1. The highest BCUT2D eigenvalue weighted by atomic mass is 16.7. The number of pyridine rings is 1. The summed E-state index contributed by atoms with van der Waals surface area (Å²) in [7, 11) is 1.78. The number of nitrogens with zero attached hydrogens (tertiary/aromatic N) is 8. The first kappa shape index (κ1) is 27.9. The molecule has 1 unspecified atom stereocenters. The summed E-state index contributed by atoms with van der Waals surface area (Å²) in [4.78, 5) is 32.2. The second-order valence-electron chi connectivity index (χ2n) is 9.77. The molecule has 2 atom stereocenters. The molecule has 0 radical (unpaired) electrons. The highest BCUT2D eigenvalue weighted by Gasteiger charge is 2.30. The molecule has 13 heteroatoms. The van der Waals surface area contributed by atoms with Crippen LogP contribution in [0.1, 0.15) is 48.8 Å². The Kier molecular flexibility index (Phi) is 8.34. The Morgan fingerprint density at radius 3 is 2.73 bits per heavy atom. The van der Waals surface area contributed by atoms with Crippen LogP contribution in [0.5, 0.6) is 0 Å². The zero-order chi connectivity index (χ0) is 28.9. The Labute approximate surface area is 237 Å². The number of carbonyl (C=O) groups excluding carboxylic acids is 2. The standard InChI is InChI=1S/C28H33N9O4/c1-5-40-28(39)41-19(3)37-26(32-33-34-37)24-23(17-31-35(24)4)20-10-12-21(13-11-20)27(38)36(22-9-7-14-29-16-22)25-18(2)8-6-15-30-25/h6,8,10-13,15,17,19,22,29H,5,7,9,14,16H2,1-4H3/t19?,22-/m1/s1. The molecule has 1 fully saturated rings. The van der Waals surface area contributed by atoms with E-state index in [1.165, 1.54) is 4.68 Å². The van der Waals surface area contributed by atoms with Crippen LogP contribution in [0.2, 0.25) is 0 Å². The Morgan fingerprint density at radius 1 is 1.22 bits per heavy atom. The second kappa shape index (κ2) is 12.3. The summed E-state index contributed by atoms with van der Waals surface area (Å²) in [5, 5.41) is 19.8. The highest BCUT2D eigenvalue weighted by molar-refractivity contribution is 6.06. The molecular formula is C28H33N9O4. The summed E-state index contributed by atoms with van der Waals surface area (Å²) < 4.78 is 13.2. The minimum absolute atomic E-state index is 0.00660. The molecular weight excluding hydrogens is 526 g/mol. The molecule has 214 valence electrons. The van der Waals surface area contributed by atoms with Crippen molar-refractivity contribution in [2.75, 3.05) is 24.6 Å². The molecule has 4 heterocycles. The molecule has 1 saturated heterocycles. The van der Waals surface area contributed by atoms with Gasteiger partial charge in [-0.25, -0.2) is 9.78 Å². The monoisotopic (exact) mass is 559 g/mol.